The van der Waals surface area contributed by atoms with Crippen LogP contribution < -0.4 is 5.32 Å². The molecular weight excluding hydrogens is 222 g/mol. The van der Waals surface area contributed by atoms with E-state index in [9.17, 15) is 8.42 Å². The second kappa shape index (κ2) is 4.39. The summed E-state index contributed by atoms with van der Waals surface area (Å²) in [6, 6.07) is 7.14. The Hall–Kier alpha value is -1.13. The van der Waals surface area contributed by atoms with Crippen LogP contribution in [0.4, 0.5) is 0 Å². The second-order valence-corrected chi connectivity index (χ2v) is 5.91. The van der Waals surface area contributed by atoms with Gasteiger partial charge < -0.3 is 5.32 Å². The fourth-order valence-electron chi connectivity index (χ4n) is 1.98. The third-order valence-corrected chi connectivity index (χ3v) is 4.57. The predicted octanol–water partition coefficient (Wildman–Crippen LogP) is 1.68. The van der Waals surface area contributed by atoms with Gasteiger partial charge in [-0.1, -0.05) is 24.3 Å². The van der Waals surface area contributed by atoms with E-state index in [1.165, 1.54) is 0 Å². The van der Waals surface area contributed by atoms with Crippen LogP contribution in [0.3, 0.4) is 0 Å². The molecule has 0 radical (unpaired) electrons. The van der Waals surface area contributed by atoms with Gasteiger partial charge in [-0.05, 0) is 24.6 Å². The molecule has 0 saturated heterocycles. The highest BCUT2D eigenvalue weighted by Crippen LogP contribution is 2.32. The van der Waals surface area contributed by atoms with E-state index in [1.54, 1.807) is 12.1 Å². The van der Waals surface area contributed by atoms with E-state index in [2.05, 4.69) is 11.9 Å². The summed E-state index contributed by atoms with van der Waals surface area (Å²) in [6.07, 6.45) is 2.67. The number of fused-ring (bicyclic) bond motifs is 1. The van der Waals surface area contributed by atoms with E-state index in [0.717, 1.165) is 18.5 Å². The minimum absolute atomic E-state index is 0.0684. The molecule has 2 rings (SSSR count). The molecule has 0 saturated carbocycles. The Balaban J connectivity index is 2.23. The second-order valence-electron chi connectivity index (χ2n) is 3.90. The first-order valence-electron chi connectivity index (χ1n) is 5.31. The van der Waals surface area contributed by atoms with Gasteiger partial charge in [0.2, 0.25) is 0 Å². The van der Waals surface area contributed by atoms with Gasteiger partial charge in [0.25, 0.3) is 0 Å². The lowest BCUT2D eigenvalue weighted by Crippen LogP contribution is -2.23. The predicted molar refractivity (Wildman–Crippen MR) is 64.1 cm³/mol. The van der Waals surface area contributed by atoms with Crippen molar-refractivity contribution < 1.29 is 8.42 Å². The van der Waals surface area contributed by atoms with Crippen LogP contribution in [-0.4, -0.2) is 20.7 Å². The molecule has 0 amide bonds. The first-order chi connectivity index (χ1) is 7.65. The Morgan fingerprint density at radius 2 is 2.19 bits per heavy atom. The summed E-state index contributed by atoms with van der Waals surface area (Å²) in [5.74, 6) is 0.170. The highest BCUT2D eigenvalue weighted by Gasteiger charge is 2.33. The van der Waals surface area contributed by atoms with Crippen LogP contribution in [-0.2, 0) is 9.84 Å². The zero-order valence-electron chi connectivity index (χ0n) is 9.02. The van der Waals surface area contributed by atoms with Crippen molar-refractivity contribution in [2.45, 2.75) is 17.4 Å². The van der Waals surface area contributed by atoms with Crippen LogP contribution >= 0.6 is 0 Å². The number of hydrogen-bond donors (Lipinski definition) is 1. The van der Waals surface area contributed by atoms with Gasteiger partial charge in [-0.2, -0.15) is 0 Å². The summed E-state index contributed by atoms with van der Waals surface area (Å²) in [7, 11) is -3.08. The lowest BCUT2D eigenvalue weighted by Gasteiger charge is -2.11. The minimum atomic E-state index is -3.08. The van der Waals surface area contributed by atoms with E-state index in [4.69, 9.17) is 0 Å². The van der Waals surface area contributed by atoms with Crippen LogP contribution in [0.15, 0.2) is 41.8 Å². The quantitative estimate of drug-likeness (QED) is 0.640. The van der Waals surface area contributed by atoms with Gasteiger partial charge in [-0.15, -0.1) is 6.58 Å². The smallest absolute Gasteiger partial charge is 0.180 e. The monoisotopic (exact) mass is 237 g/mol. The average molecular weight is 237 g/mol. The number of rotatable bonds is 4. The van der Waals surface area contributed by atoms with Crippen LogP contribution in [0.5, 0.6) is 0 Å². The van der Waals surface area contributed by atoms with Gasteiger partial charge in [-0.3, -0.25) is 0 Å². The minimum Gasteiger partial charge on any atom is -0.309 e. The molecule has 0 aromatic heterocycles. The molecule has 0 bridgehead atoms. The van der Waals surface area contributed by atoms with Crippen molar-refractivity contribution in [3.63, 3.8) is 0 Å². The van der Waals surface area contributed by atoms with E-state index >= 15 is 0 Å². The van der Waals surface area contributed by atoms with Crippen molar-refractivity contribution in [1.29, 1.82) is 0 Å². The van der Waals surface area contributed by atoms with Crippen LogP contribution in [0.2, 0.25) is 0 Å². The zero-order valence-corrected chi connectivity index (χ0v) is 9.83. The zero-order chi connectivity index (χ0) is 11.6. The fourth-order valence-corrected chi connectivity index (χ4v) is 3.75. The first-order valence-corrected chi connectivity index (χ1v) is 6.96. The topological polar surface area (TPSA) is 46.2 Å². The summed E-state index contributed by atoms with van der Waals surface area (Å²) in [6.45, 7) is 4.40. The van der Waals surface area contributed by atoms with E-state index in [1.807, 2.05) is 18.2 Å². The Kier molecular flexibility index (Phi) is 3.12. The molecule has 1 N–H and O–H groups in total. The molecule has 1 aromatic carbocycles. The number of sulfone groups is 1. The van der Waals surface area contributed by atoms with Crippen molar-refractivity contribution in [3.05, 3.63) is 42.5 Å². The molecule has 1 atom stereocenters. The molecule has 0 aliphatic carbocycles. The molecule has 1 aliphatic rings. The van der Waals surface area contributed by atoms with Crippen LogP contribution in [0.1, 0.15) is 18.0 Å². The van der Waals surface area contributed by atoms with Gasteiger partial charge in [0.05, 0.1) is 10.6 Å². The SMILES string of the molecule is C=CCCNC1CS(=O)(=O)c2ccccc21. The van der Waals surface area contributed by atoms with Crippen molar-refractivity contribution in [3.8, 4) is 0 Å². The summed E-state index contributed by atoms with van der Waals surface area (Å²) in [4.78, 5) is 0.478. The molecular formula is C12H15NO2S. The number of nitrogens with one attached hydrogen (secondary N) is 1. The summed E-state index contributed by atoms with van der Waals surface area (Å²) >= 11 is 0. The normalized spacial score (nSPS) is 21.6. The molecule has 0 fully saturated rings. The fraction of sp³-hybridized carbons (Fsp3) is 0.333. The molecule has 16 heavy (non-hydrogen) atoms. The molecule has 1 heterocycles. The van der Waals surface area contributed by atoms with Crippen molar-refractivity contribution in [1.82, 2.24) is 5.32 Å². The van der Waals surface area contributed by atoms with E-state index in [-0.39, 0.29) is 11.8 Å². The molecule has 0 spiro atoms. The van der Waals surface area contributed by atoms with Crippen LogP contribution in [0, 0.1) is 0 Å². The largest absolute Gasteiger partial charge is 0.309 e. The standard InChI is InChI=1S/C12H15NO2S/c1-2-3-8-13-11-9-16(14,15)12-7-5-4-6-10(11)12/h2,4-7,11,13H,1,3,8-9H2. The van der Waals surface area contributed by atoms with Gasteiger partial charge in [0, 0.05) is 6.04 Å². The van der Waals surface area contributed by atoms with E-state index < -0.39 is 9.84 Å². The van der Waals surface area contributed by atoms with Gasteiger partial charge >= 0.3 is 0 Å². The Morgan fingerprint density at radius 1 is 1.44 bits per heavy atom. The molecule has 3 nitrogen and oxygen atoms in total. The number of hydrogen-bond acceptors (Lipinski definition) is 3. The Morgan fingerprint density at radius 3 is 2.94 bits per heavy atom. The molecule has 1 unspecified atom stereocenters. The Bertz CT molecular complexity index is 493. The van der Waals surface area contributed by atoms with E-state index in [0.29, 0.717) is 4.90 Å². The van der Waals surface area contributed by atoms with Gasteiger partial charge in [0.1, 0.15) is 0 Å². The van der Waals surface area contributed by atoms with Gasteiger partial charge in [0.15, 0.2) is 9.84 Å². The first kappa shape index (κ1) is 11.4. The highest BCUT2D eigenvalue weighted by atomic mass is 32.2. The maximum absolute atomic E-state index is 11.8. The van der Waals surface area contributed by atoms with Gasteiger partial charge in [-0.25, -0.2) is 8.42 Å². The maximum Gasteiger partial charge on any atom is 0.180 e. The lowest BCUT2D eigenvalue weighted by atomic mass is 10.1. The number of benzene rings is 1. The third-order valence-electron chi connectivity index (χ3n) is 2.75. The molecule has 1 aliphatic heterocycles. The molecule has 86 valence electrons. The maximum atomic E-state index is 11.8. The summed E-state index contributed by atoms with van der Waals surface area (Å²) < 4.78 is 23.7. The van der Waals surface area contributed by atoms with Crippen molar-refractivity contribution >= 4 is 9.84 Å². The summed E-state index contributed by atoms with van der Waals surface area (Å²) in [5.41, 5.74) is 0.895. The molecule has 4 heteroatoms. The highest BCUT2D eigenvalue weighted by molar-refractivity contribution is 7.91. The third kappa shape index (κ3) is 2.03. The van der Waals surface area contributed by atoms with Crippen molar-refractivity contribution in [2.24, 2.45) is 0 Å². The lowest BCUT2D eigenvalue weighted by molar-refractivity contribution is 0.571. The Labute approximate surface area is 96.1 Å². The molecule has 1 aromatic rings. The average Bonchev–Trinajstić information content (AvgIpc) is 2.52. The van der Waals surface area contributed by atoms with Crippen molar-refractivity contribution in [2.75, 3.05) is 12.3 Å². The van der Waals surface area contributed by atoms with Crippen LogP contribution in [0.25, 0.3) is 0 Å². The summed E-state index contributed by atoms with van der Waals surface area (Å²) in [5, 5.41) is 3.24.